The maximum absolute atomic E-state index is 10.2. The standard InChI is InChI=1S/C7H13NO2.CH3Br/c1-6(7(9)10)4-5-8(2)3;1-2/h1,4-5H2,2-3H3,(H,9,10);1H3. The van der Waals surface area contributed by atoms with Gasteiger partial charge in [0.05, 0.1) is 0 Å². The van der Waals surface area contributed by atoms with Crippen LogP contribution in [-0.4, -0.2) is 42.4 Å². The third kappa shape index (κ3) is 9.65. The molecule has 72 valence electrons. The molecule has 0 heterocycles. The fourth-order valence-corrected chi connectivity index (χ4v) is 0.465. The molecule has 0 fully saturated rings. The van der Waals surface area contributed by atoms with Gasteiger partial charge in [0.2, 0.25) is 0 Å². The number of hydrogen-bond acceptors (Lipinski definition) is 2. The lowest BCUT2D eigenvalue weighted by atomic mass is 10.2. The summed E-state index contributed by atoms with van der Waals surface area (Å²) in [6.45, 7) is 4.14. The normalized spacial score (nSPS) is 8.75. The highest BCUT2D eigenvalue weighted by molar-refractivity contribution is 9.08. The summed E-state index contributed by atoms with van der Waals surface area (Å²) in [5, 5.41) is 8.38. The van der Waals surface area contributed by atoms with Gasteiger partial charge in [0.15, 0.2) is 0 Å². The molecule has 0 amide bonds. The van der Waals surface area contributed by atoms with Crippen LogP contribution in [0.5, 0.6) is 0 Å². The van der Waals surface area contributed by atoms with Crippen molar-refractivity contribution in [3.05, 3.63) is 12.2 Å². The van der Waals surface area contributed by atoms with Gasteiger partial charge >= 0.3 is 5.97 Å². The Labute approximate surface area is 82.2 Å². The van der Waals surface area contributed by atoms with Gasteiger partial charge in [-0.05, 0) is 26.3 Å². The summed E-state index contributed by atoms with van der Waals surface area (Å²) >= 11 is 2.94. The van der Waals surface area contributed by atoms with Crippen molar-refractivity contribution in [2.24, 2.45) is 0 Å². The zero-order valence-electron chi connectivity index (χ0n) is 7.80. The topological polar surface area (TPSA) is 40.5 Å². The van der Waals surface area contributed by atoms with Gasteiger partial charge in [-0.1, -0.05) is 22.5 Å². The Morgan fingerprint density at radius 2 is 1.92 bits per heavy atom. The van der Waals surface area contributed by atoms with Gasteiger partial charge in [0.1, 0.15) is 0 Å². The van der Waals surface area contributed by atoms with Crippen molar-refractivity contribution < 1.29 is 9.90 Å². The van der Waals surface area contributed by atoms with E-state index in [9.17, 15) is 4.79 Å². The van der Waals surface area contributed by atoms with E-state index >= 15 is 0 Å². The largest absolute Gasteiger partial charge is 0.478 e. The summed E-state index contributed by atoms with van der Waals surface area (Å²) in [5.41, 5.74) is 0.272. The molecule has 0 atom stereocenters. The smallest absolute Gasteiger partial charge is 0.331 e. The van der Waals surface area contributed by atoms with Crippen LogP contribution < -0.4 is 0 Å². The summed E-state index contributed by atoms with van der Waals surface area (Å²) in [7, 11) is 3.80. The first kappa shape index (κ1) is 14.2. The Morgan fingerprint density at radius 1 is 1.50 bits per heavy atom. The number of nitrogens with zero attached hydrogens (tertiary/aromatic N) is 1. The molecule has 3 nitrogen and oxygen atoms in total. The molecule has 1 N–H and O–H groups in total. The number of halogens is 1. The summed E-state index contributed by atoms with van der Waals surface area (Å²) in [4.78, 5) is 12.1. The molecule has 0 aliphatic carbocycles. The molecular formula is C8H16BrNO2. The molecule has 0 aromatic heterocycles. The first-order valence-corrected chi connectivity index (χ1v) is 5.06. The SMILES string of the molecule is C=C(CCN(C)C)C(=O)O.CBr. The molecule has 0 aromatic rings. The third-order valence-corrected chi connectivity index (χ3v) is 1.16. The van der Waals surface area contributed by atoms with E-state index in [4.69, 9.17) is 5.11 Å². The summed E-state index contributed by atoms with van der Waals surface area (Å²) in [6.07, 6.45) is 0.530. The highest BCUT2D eigenvalue weighted by Crippen LogP contribution is 1.97. The second kappa shape index (κ2) is 8.74. The Bertz CT molecular complexity index is 146. The van der Waals surface area contributed by atoms with E-state index in [1.165, 1.54) is 0 Å². The van der Waals surface area contributed by atoms with Crippen molar-refractivity contribution in [2.45, 2.75) is 6.42 Å². The monoisotopic (exact) mass is 237 g/mol. The van der Waals surface area contributed by atoms with E-state index < -0.39 is 5.97 Å². The van der Waals surface area contributed by atoms with Crippen LogP contribution in [0.3, 0.4) is 0 Å². The summed E-state index contributed by atoms with van der Waals surface area (Å²) in [5.74, 6) is 0.911. The van der Waals surface area contributed by atoms with E-state index in [0.717, 1.165) is 6.54 Å². The molecule has 0 spiro atoms. The van der Waals surface area contributed by atoms with E-state index in [-0.39, 0.29) is 5.57 Å². The van der Waals surface area contributed by atoms with Crippen LogP contribution >= 0.6 is 15.9 Å². The number of aliphatic carboxylic acids is 1. The van der Waals surface area contributed by atoms with Crippen molar-refractivity contribution in [2.75, 3.05) is 26.5 Å². The lowest BCUT2D eigenvalue weighted by molar-refractivity contribution is -0.132. The van der Waals surface area contributed by atoms with E-state index in [0.29, 0.717) is 6.42 Å². The first-order chi connectivity index (χ1) is 5.54. The molecule has 4 heteroatoms. The predicted molar refractivity (Wildman–Crippen MR) is 54.8 cm³/mol. The van der Waals surface area contributed by atoms with Crippen LogP contribution in [0.2, 0.25) is 0 Å². The first-order valence-electron chi connectivity index (χ1n) is 3.47. The number of carboxylic acid groups (broad SMARTS) is 1. The van der Waals surface area contributed by atoms with E-state index in [2.05, 4.69) is 22.5 Å². The van der Waals surface area contributed by atoms with Gasteiger partial charge in [-0.15, -0.1) is 0 Å². The van der Waals surface area contributed by atoms with Gasteiger partial charge in [-0.25, -0.2) is 4.79 Å². The Kier molecular flexibility index (Phi) is 10.3. The highest BCUT2D eigenvalue weighted by Gasteiger charge is 2.02. The molecule has 0 saturated carbocycles. The molecule has 0 unspecified atom stereocenters. The molecule has 0 rings (SSSR count). The predicted octanol–water partition coefficient (Wildman–Crippen LogP) is 1.59. The fraction of sp³-hybridized carbons (Fsp3) is 0.625. The maximum Gasteiger partial charge on any atom is 0.331 e. The van der Waals surface area contributed by atoms with Crippen LogP contribution in [0.15, 0.2) is 12.2 Å². The zero-order valence-corrected chi connectivity index (χ0v) is 9.39. The van der Waals surface area contributed by atoms with Gasteiger partial charge in [-0.3, -0.25) is 0 Å². The summed E-state index contributed by atoms with van der Waals surface area (Å²) < 4.78 is 0. The van der Waals surface area contributed by atoms with Crippen molar-refractivity contribution >= 4 is 21.9 Å². The van der Waals surface area contributed by atoms with Crippen molar-refractivity contribution in [1.29, 1.82) is 0 Å². The van der Waals surface area contributed by atoms with Crippen molar-refractivity contribution in [3.63, 3.8) is 0 Å². The van der Waals surface area contributed by atoms with Gasteiger partial charge in [-0.2, -0.15) is 0 Å². The lowest BCUT2D eigenvalue weighted by Gasteiger charge is -2.07. The van der Waals surface area contributed by atoms with Gasteiger partial charge in [0, 0.05) is 12.1 Å². The summed E-state index contributed by atoms with van der Waals surface area (Å²) in [6, 6.07) is 0. The average Bonchev–Trinajstić information content (AvgIpc) is 2.03. The number of carboxylic acids is 1. The number of rotatable bonds is 4. The molecule has 0 bridgehead atoms. The van der Waals surface area contributed by atoms with Gasteiger partial charge in [0.25, 0.3) is 0 Å². The van der Waals surface area contributed by atoms with Crippen LogP contribution in [0.25, 0.3) is 0 Å². The zero-order chi connectivity index (χ0) is 10.1. The van der Waals surface area contributed by atoms with E-state index in [1.54, 1.807) is 0 Å². The molecule has 0 aromatic carbocycles. The van der Waals surface area contributed by atoms with Crippen LogP contribution in [-0.2, 0) is 4.79 Å². The maximum atomic E-state index is 10.2. The second-order valence-electron chi connectivity index (χ2n) is 2.46. The minimum Gasteiger partial charge on any atom is -0.478 e. The Balaban J connectivity index is 0. The molecule has 0 aliphatic rings. The molecule has 12 heavy (non-hydrogen) atoms. The molecule has 0 radical (unpaired) electrons. The second-order valence-corrected chi connectivity index (χ2v) is 2.46. The molecular weight excluding hydrogens is 222 g/mol. The Hall–Kier alpha value is -0.350. The average molecular weight is 238 g/mol. The van der Waals surface area contributed by atoms with Crippen LogP contribution in [0.4, 0.5) is 0 Å². The van der Waals surface area contributed by atoms with Gasteiger partial charge < -0.3 is 10.0 Å². The van der Waals surface area contributed by atoms with Crippen LogP contribution in [0.1, 0.15) is 6.42 Å². The lowest BCUT2D eigenvalue weighted by Crippen LogP contribution is -2.15. The Morgan fingerprint density at radius 3 is 2.17 bits per heavy atom. The number of carbonyl (C=O) groups is 1. The van der Waals surface area contributed by atoms with Crippen LogP contribution in [0, 0.1) is 0 Å². The highest BCUT2D eigenvalue weighted by atomic mass is 79.9. The fourth-order valence-electron chi connectivity index (χ4n) is 0.465. The third-order valence-electron chi connectivity index (χ3n) is 1.16. The minimum absolute atomic E-state index is 0.272. The number of alkyl halides is 1. The number of hydrogen-bond donors (Lipinski definition) is 1. The molecule has 0 aliphatic heterocycles. The quantitative estimate of drug-likeness (QED) is 0.597. The minimum atomic E-state index is -0.901. The van der Waals surface area contributed by atoms with Crippen molar-refractivity contribution in [1.82, 2.24) is 4.90 Å². The van der Waals surface area contributed by atoms with Crippen molar-refractivity contribution in [3.8, 4) is 0 Å². The van der Waals surface area contributed by atoms with E-state index in [1.807, 2.05) is 24.8 Å². The molecule has 0 saturated heterocycles.